The molecule has 7 heteroatoms. The molecule has 35 heavy (non-hydrogen) atoms. The van der Waals surface area contributed by atoms with Crippen LogP contribution in [0.25, 0.3) is 11.0 Å². The number of benzene rings is 2. The van der Waals surface area contributed by atoms with Gasteiger partial charge in [-0.1, -0.05) is 45.9 Å². The van der Waals surface area contributed by atoms with E-state index >= 15 is 0 Å². The van der Waals surface area contributed by atoms with Crippen LogP contribution in [0.3, 0.4) is 0 Å². The first-order chi connectivity index (χ1) is 16.4. The summed E-state index contributed by atoms with van der Waals surface area (Å²) < 4.78 is 24.4. The molecule has 1 aliphatic heterocycles. The van der Waals surface area contributed by atoms with Crippen LogP contribution >= 0.6 is 0 Å². The summed E-state index contributed by atoms with van der Waals surface area (Å²) in [5, 5.41) is 20.6. The monoisotopic (exact) mass is 478 g/mol. The molecule has 1 aromatic heterocycles. The van der Waals surface area contributed by atoms with E-state index < -0.39 is 28.7 Å². The third kappa shape index (κ3) is 4.01. The van der Waals surface area contributed by atoms with Gasteiger partial charge in [-0.3, -0.25) is 0 Å². The van der Waals surface area contributed by atoms with Gasteiger partial charge in [0.25, 0.3) is 0 Å². The van der Waals surface area contributed by atoms with Crippen LogP contribution in [0.5, 0.6) is 28.7 Å². The first-order valence-corrected chi connectivity index (χ1v) is 11.2. The predicted molar refractivity (Wildman–Crippen MR) is 134 cm³/mol. The van der Waals surface area contributed by atoms with Gasteiger partial charge in [-0.2, -0.15) is 0 Å². The van der Waals surface area contributed by atoms with E-state index in [4.69, 9.17) is 18.6 Å². The molecule has 7 nitrogen and oxygen atoms in total. The molecule has 0 saturated carbocycles. The maximum atomic E-state index is 13.0. The van der Waals surface area contributed by atoms with E-state index in [9.17, 15) is 15.0 Å². The number of phenols is 2. The van der Waals surface area contributed by atoms with Crippen LogP contribution in [-0.4, -0.2) is 23.4 Å². The summed E-state index contributed by atoms with van der Waals surface area (Å²) >= 11 is 0. The number of aromatic hydroxyl groups is 2. The summed E-state index contributed by atoms with van der Waals surface area (Å²) in [7, 11) is 1.52. The van der Waals surface area contributed by atoms with Crippen molar-refractivity contribution in [2.24, 2.45) is 5.41 Å². The molecule has 2 atom stereocenters. The number of allylic oxidation sites excluding steroid dienone is 1. The van der Waals surface area contributed by atoms with Gasteiger partial charge in [-0.05, 0) is 24.3 Å². The lowest BCUT2D eigenvalue weighted by molar-refractivity contribution is -0.0318. The summed E-state index contributed by atoms with van der Waals surface area (Å²) in [6.07, 6.45) is 2.13. The second-order valence-corrected chi connectivity index (χ2v) is 9.88. The molecule has 0 unspecified atom stereocenters. The molecule has 0 fully saturated rings. The Kier molecular flexibility index (Phi) is 5.83. The third-order valence-corrected chi connectivity index (χ3v) is 6.68. The van der Waals surface area contributed by atoms with E-state index in [2.05, 4.69) is 13.2 Å². The smallest absolute Gasteiger partial charge is 0.340 e. The normalized spacial score (nSPS) is 17.7. The Hall–Kier alpha value is -3.87. The number of hydrogen-bond acceptors (Lipinski definition) is 7. The van der Waals surface area contributed by atoms with E-state index in [1.165, 1.54) is 19.2 Å². The fourth-order valence-corrected chi connectivity index (χ4v) is 4.12. The van der Waals surface area contributed by atoms with Gasteiger partial charge < -0.3 is 28.8 Å². The van der Waals surface area contributed by atoms with Crippen LogP contribution in [0.2, 0.25) is 0 Å². The molecule has 4 rings (SSSR count). The van der Waals surface area contributed by atoms with Gasteiger partial charge in [0.15, 0.2) is 28.9 Å². The number of phenolic OH excluding ortho intramolecular Hbond substituents is 2. The summed E-state index contributed by atoms with van der Waals surface area (Å²) in [6, 6.07) is 7.94. The van der Waals surface area contributed by atoms with Crippen molar-refractivity contribution in [1.29, 1.82) is 0 Å². The van der Waals surface area contributed by atoms with Gasteiger partial charge in [-0.25, -0.2) is 4.79 Å². The Bertz CT molecular complexity index is 1380. The van der Waals surface area contributed by atoms with Gasteiger partial charge in [0.2, 0.25) is 11.5 Å². The molecule has 2 aromatic carbocycles. The van der Waals surface area contributed by atoms with Gasteiger partial charge in [0.1, 0.15) is 6.10 Å². The van der Waals surface area contributed by atoms with Crippen molar-refractivity contribution in [2.75, 3.05) is 7.11 Å². The molecule has 1 aliphatic rings. The highest BCUT2D eigenvalue weighted by molar-refractivity contribution is 5.89. The first-order valence-electron chi connectivity index (χ1n) is 11.2. The molecular formula is C28H30O7. The molecule has 2 N–H and O–H groups in total. The number of rotatable bonds is 6. The lowest BCUT2D eigenvalue weighted by Gasteiger charge is -2.41. The molecule has 0 bridgehead atoms. The van der Waals surface area contributed by atoms with Crippen molar-refractivity contribution in [3.05, 3.63) is 77.2 Å². The molecule has 184 valence electrons. The van der Waals surface area contributed by atoms with Crippen molar-refractivity contribution in [1.82, 2.24) is 0 Å². The van der Waals surface area contributed by atoms with Crippen LogP contribution in [0.1, 0.15) is 44.9 Å². The van der Waals surface area contributed by atoms with Crippen molar-refractivity contribution < 1.29 is 28.8 Å². The van der Waals surface area contributed by atoms with Crippen LogP contribution in [0.4, 0.5) is 0 Å². The highest BCUT2D eigenvalue weighted by atomic mass is 16.6. The average Bonchev–Trinajstić information content (AvgIpc) is 2.84. The van der Waals surface area contributed by atoms with Gasteiger partial charge >= 0.3 is 5.63 Å². The van der Waals surface area contributed by atoms with Gasteiger partial charge in [-0.15, -0.1) is 13.2 Å². The predicted octanol–water partition coefficient (Wildman–Crippen LogP) is 5.77. The van der Waals surface area contributed by atoms with Gasteiger partial charge in [0.05, 0.1) is 7.11 Å². The zero-order valence-corrected chi connectivity index (χ0v) is 20.5. The Labute approximate surface area is 203 Å². The average molecular weight is 479 g/mol. The number of hydrogen-bond donors (Lipinski definition) is 2. The molecule has 0 spiro atoms. The molecule has 0 radical (unpaired) electrons. The fourth-order valence-electron chi connectivity index (χ4n) is 4.12. The molecule has 2 heterocycles. The van der Waals surface area contributed by atoms with E-state index in [-0.39, 0.29) is 22.8 Å². The second kappa shape index (κ2) is 8.41. The zero-order valence-electron chi connectivity index (χ0n) is 20.5. The minimum atomic E-state index is -0.730. The summed E-state index contributed by atoms with van der Waals surface area (Å²) in [5.74, 6) is 0.401. The Morgan fingerprint density at radius 3 is 2.29 bits per heavy atom. The van der Waals surface area contributed by atoms with Crippen LogP contribution in [0.15, 0.2) is 64.9 Å². The highest BCUT2D eigenvalue weighted by Crippen LogP contribution is 2.53. The third-order valence-electron chi connectivity index (χ3n) is 6.68. The zero-order chi connectivity index (χ0) is 25.7. The molecule has 0 aliphatic carbocycles. The first kappa shape index (κ1) is 24.3. The molecular weight excluding hydrogens is 448 g/mol. The largest absolute Gasteiger partial charge is 0.504 e. The van der Waals surface area contributed by atoms with Gasteiger partial charge in [0, 0.05) is 27.3 Å². The van der Waals surface area contributed by atoms with Crippen molar-refractivity contribution in [2.45, 2.75) is 45.3 Å². The minimum absolute atomic E-state index is 0.216. The summed E-state index contributed by atoms with van der Waals surface area (Å²) in [4.78, 5) is 13.0. The fraction of sp³-hybridized carbons (Fsp3) is 0.321. The van der Waals surface area contributed by atoms with Crippen LogP contribution < -0.4 is 19.8 Å². The number of methoxy groups -OCH3 is 1. The SMILES string of the molecule is C=CC(C)(C)c1cc2cc(OC)c3c(c2oc1=O)O[C@H](c1ccc(O)c(O)c1)[C@@H](C(C)(C)C=C)O3. The lowest BCUT2D eigenvalue weighted by Crippen LogP contribution is -2.43. The standard InChI is InChI=1S/C28H30O7/c1-8-27(3,4)17-12-16-14-20(32-7)23-24(21(16)35-26(17)31)33-22(25(34-23)28(5,6)9-2)15-10-11-18(29)19(30)13-15/h8-14,22,25,29-30H,1-2H2,3-7H3/t22-,25+/m1/s1. The van der Waals surface area contributed by atoms with E-state index in [1.807, 2.05) is 27.7 Å². The molecule has 3 aromatic rings. The number of fused-ring (bicyclic) bond motifs is 3. The van der Waals surface area contributed by atoms with Crippen LogP contribution in [-0.2, 0) is 5.41 Å². The van der Waals surface area contributed by atoms with E-state index in [1.54, 1.807) is 30.4 Å². The van der Waals surface area contributed by atoms with Crippen molar-refractivity contribution in [3.8, 4) is 28.7 Å². The summed E-state index contributed by atoms with van der Waals surface area (Å²) in [5.41, 5.74) is -0.462. The molecule has 0 amide bonds. The minimum Gasteiger partial charge on any atom is -0.504 e. The Morgan fingerprint density at radius 2 is 1.69 bits per heavy atom. The van der Waals surface area contributed by atoms with E-state index in [0.29, 0.717) is 28.0 Å². The highest BCUT2D eigenvalue weighted by Gasteiger charge is 2.44. The quantitative estimate of drug-likeness (QED) is 0.264. The maximum Gasteiger partial charge on any atom is 0.340 e. The van der Waals surface area contributed by atoms with E-state index in [0.717, 1.165) is 0 Å². The lowest BCUT2D eigenvalue weighted by atomic mass is 9.80. The Morgan fingerprint density at radius 1 is 0.971 bits per heavy atom. The second-order valence-electron chi connectivity index (χ2n) is 9.88. The van der Waals surface area contributed by atoms with Crippen molar-refractivity contribution >= 4 is 11.0 Å². The summed E-state index contributed by atoms with van der Waals surface area (Å²) in [6.45, 7) is 15.4. The van der Waals surface area contributed by atoms with Crippen LogP contribution in [0, 0.1) is 5.41 Å². The Balaban J connectivity index is 1.99. The molecule has 0 saturated heterocycles. The topological polar surface area (TPSA) is 98.4 Å². The number of ether oxygens (including phenoxy) is 3. The maximum absolute atomic E-state index is 13.0. The van der Waals surface area contributed by atoms with Crippen molar-refractivity contribution in [3.63, 3.8) is 0 Å².